The molecule has 2 unspecified atom stereocenters. The van der Waals surface area contributed by atoms with E-state index in [9.17, 15) is 0 Å². The number of hydrogen-bond donors (Lipinski definition) is 0. The third-order valence-corrected chi connectivity index (χ3v) is 26.7. The number of hydrogen-bond acceptors (Lipinski definition) is 6. The Morgan fingerprint density at radius 1 is 0.609 bits per heavy atom. The van der Waals surface area contributed by atoms with Crippen LogP contribution >= 0.6 is 7.36 Å². The van der Waals surface area contributed by atoms with E-state index >= 15 is 0 Å². The maximum Gasteiger partial charge on any atom is 0.314 e. The minimum atomic E-state index is -1.97. The zero-order chi connectivity index (χ0) is 37.1. The molecule has 0 radical (unpaired) electrons. The van der Waals surface area contributed by atoms with Gasteiger partial charge in [-0.05, 0) is 131 Å². The molecule has 0 saturated carbocycles. The molecule has 0 bridgehead atoms. The highest BCUT2D eigenvalue weighted by Gasteiger charge is 2.39. The molecule has 0 aliphatic carbocycles. The Hall–Kier alpha value is 1.58. The maximum absolute atomic E-state index is 6.52. The largest absolute Gasteiger partial charge is 0.439 e. The molecule has 0 heterocycles. The van der Waals surface area contributed by atoms with E-state index < -0.39 is 60.4 Å². The molecule has 14 heteroatoms. The highest BCUT2D eigenvalue weighted by Crippen LogP contribution is 2.26. The molecule has 0 aliphatic rings. The summed E-state index contributed by atoms with van der Waals surface area (Å²) in [4.78, 5) is 0. The summed E-state index contributed by atoms with van der Waals surface area (Å²) in [5.41, 5.74) is 0. The van der Waals surface area contributed by atoms with E-state index in [1.54, 1.807) is 0 Å². The summed E-state index contributed by atoms with van der Waals surface area (Å²) >= 11 is 4.37. The minimum Gasteiger partial charge on any atom is -0.439 e. The van der Waals surface area contributed by atoms with Crippen LogP contribution in [0.5, 0.6) is 0 Å². The predicted molar refractivity (Wildman–Crippen MR) is 236 cm³/mol. The molecule has 0 fully saturated rings. The van der Waals surface area contributed by atoms with Gasteiger partial charge in [-0.1, -0.05) is 89.5 Å². The van der Waals surface area contributed by atoms with Crippen LogP contribution in [0.4, 0.5) is 0 Å². The van der Waals surface area contributed by atoms with Crippen molar-refractivity contribution in [3.8, 4) is 0 Å². The van der Waals surface area contributed by atoms with E-state index in [-0.39, 0.29) is 1.43 Å². The van der Waals surface area contributed by atoms with Crippen molar-refractivity contribution < 1.29 is 22.0 Å². The van der Waals surface area contributed by atoms with Crippen molar-refractivity contribution in [1.29, 1.82) is 0 Å². The first-order valence-electron chi connectivity index (χ1n) is 18.0. The molecule has 5 nitrogen and oxygen atoms in total. The Morgan fingerprint density at radius 3 is 1.24 bits per heavy atom. The molecule has 0 aromatic rings. The van der Waals surface area contributed by atoms with E-state index in [0.29, 0.717) is 0 Å². The summed E-state index contributed by atoms with van der Waals surface area (Å²) < 4.78 is 30.8. The predicted octanol–water partition coefficient (Wildman–Crippen LogP) is 12.9. The van der Waals surface area contributed by atoms with Crippen LogP contribution in [-0.2, 0) is 32.4 Å². The lowest BCUT2D eigenvalue weighted by Gasteiger charge is -2.38. The molecule has 0 N–H and O–H groups in total. The second-order valence-electron chi connectivity index (χ2n) is 16.1. The Balaban J connectivity index is -0.000000191. The van der Waals surface area contributed by atoms with Crippen LogP contribution in [0.15, 0.2) is 12.7 Å². The molecular formula is C32H85O5PSSi7. The Bertz CT molecular complexity index is 684. The van der Waals surface area contributed by atoms with Gasteiger partial charge in [0, 0.05) is 1.43 Å². The standard InChI is InChI=1S/C15H38O2Si3.C8H26O3Si4.C8H16.CH3PS.H2/c1-9-10-11-12-13-14-15-20(8,16-18(2,3)4)17-19(5,6)7;1-12(10-14(3,4)5)9-13(2)11-15(6,7)8;1-3-5-7-8-6-4-2;1-2-3;/h9-15H2,1-8H3;12-13H,1-8H3;3H,1,4-8H2,2H3;1H3;1H/i;;;;1+1. The van der Waals surface area contributed by atoms with Crippen LogP contribution in [0.1, 0.15) is 85.9 Å². The molecular weight excluding hydrogens is 724 g/mol. The fraction of sp³-hybridized carbons (Fsp3) is 0.938. The lowest BCUT2D eigenvalue weighted by Crippen LogP contribution is -2.52. The van der Waals surface area contributed by atoms with Crippen LogP contribution in [0.25, 0.3) is 0 Å². The molecule has 0 aromatic carbocycles. The van der Waals surface area contributed by atoms with Gasteiger partial charge in [0.25, 0.3) is 18.6 Å². The average Bonchev–Trinajstić information content (AvgIpc) is 2.80. The SMILES string of the molecule is C=CCCCCCC.CCCCCCCC[Si](C)(O[Si](C)(C)C)O[Si](C)(C)C.CP=S.C[SiH](O[SiH](C)O[Si](C)(C)C)O[Si](C)(C)C.[2HH]. The van der Waals surface area contributed by atoms with Gasteiger partial charge in [-0.3, -0.25) is 0 Å². The van der Waals surface area contributed by atoms with Gasteiger partial charge in [0.05, 0.1) is 0 Å². The van der Waals surface area contributed by atoms with Crippen molar-refractivity contribution >= 4 is 79.6 Å². The number of allylic oxidation sites excluding steroid dienone is 1. The second kappa shape index (κ2) is 30.2. The van der Waals surface area contributed by atoms with E-state index in [1.165, 1.54) is 76.7 Å². The fourth-order valence-electron chi connectivity index (χ4n) is 4.68. The zero-order valence-electron chi connectivity index (χ0n) is 34.3. The first-order valence-corrected chi connectivity index (χ1v) is 40.7. The second-order valence-corrected chi connectivity index (χ2v) is 44.1. The topological polar surface area (TPSA) is 46.2 Å². The van der Waals surface area contributed by atoms with E-state index in [1.807, 2.05) is 12.7 Å². The van der Waals surface area contributed by atoms with Crippen LogP contribution in [0.3, 0.4) is 0 Å². The van der Waals surface area contributed by atoms with Crippen molar-refractivity contribution in [3.63, 3.8) is 0 Å². The van der Waals surface area contributed by atoms with Crippen molar-refractivity contribution in [3.05, 3.63) is 12.7 Å². The van der Waals surface area contributed by atoms with Crippen molar-refractivity contribution in [2.24, 2.45) is 0 Å². The van der Waals surface area contributed by atoms with Gasteiger partial charge < -0.3 is 20.6 Å². The van der Waals surface area contributed by atoms with Gasteiger partial charge in [-0.15, -0.1) is 6.58 Å². The van der Waals surface area contributed by atoms with Crippen LogP contribution in [0, 0.1) is 0 Å². The number of rotatable bonds is 22. The summed E-state index contributed by atoms with van der Waals surface area (Å²) in [6.07, 6.45) is 16.7. The first-order chi connectivity index (χ1) is 20.8. The summed E-state index contributed by atoms with van der Waals surface area (Å²) in [7, 11) is -9.76. The van der Waals surface area contributed by atoms with Crippen molar-refractivity contribution in [2.45, 2.75) is 189 Å². The van der Waals surface area contributed by atoms with Gasteiger partial charge in [0.1, 0.15) is 0 Å². The van der Waals surface area contributed by atoms with Crippen LogP contribution in [-0.4, -0.2) is 67.1 Å². The highest BCUT2D eigenvalue weighted by atomic mass is 32.4. The maximum atomic E-state index is 6.52. The van der Waals surface area contributed by atoms with E-state index in [4.69, 9.17) is 20.6 Å². The molecule has 46 heavy (non-hydrogen) atoms. The smallest absolute Gasteiger partial charge is 0.314 e. The third kappa shape index (κ3) is 52.4. The summed E-state index contributed by atoms with van der Waals surface area (Å²) in [5, 5.41) is 0. The zero-order valence-corrected chi connectivity index (χ0v) is 43.3. The lowest BCUT2D eigenvalue weighted by molar-refractivity contribution is 0.375. The quantitative estimate of drug-likeness (QED) is 0.0470. The molecule has 0 spiro atoms. The summed E-state index contributed by atoms with van der Waals surface area (Å²) in [6, 6.07) is 1.17. The Kier molecular flexibility index (Phi) is 35.7. The van der Waals surface area contributed by atoms with Gasteiger partial charge in [0.2, 0.25) is 0 Å². The van der Waals surface area contributed by atoms with Crippen molar-refractivity contribution in [2.75, 3.05) is 6.66 Å². The van der Waals surface area contributed by atoms with E-state index in [0.717, 1.165) is 7.36 Å². The van der Waals surface area contributed by atoms with Crippen LogP contribution in [0.2, 0.25) is 104 Å². The first kappa shape index (κ1) is 54.4. The molecule has 282 valence electrons. The third-order valence-electron chi connectivity index (χ3n) is 5.71. The normalized spacial score (nSPS) is 13.8. The average molecular weight is 811 g/mol. The highest BCUT2D eigenvalue weighted by molar-refractivity contribution is 7.96. The van der Waals surface area contributed by atoms with Gasteiger partial charge in [-0.2, -0.15) is 0 Å². The molecule has 0 aromatic heterocycles. The van der Waals surface area contributed by atoms with Crippen LogP contribution < -0.4 is 0 Å². The summed E-state index contributed by atoms with van der Waals surface area (Å²) in [6.45, 7) is 43.5. The van der Waals surface area contributed by atoms with Gasteiger partial charge in [-0.25, -0.2) is 0 Å². The molecule has 2 atom stereocenters. The van der Waals surface area contributed by atoms with Gasteiger partial charge in [0.15, 0.2) is 33.3 Å². The van der Waals surface area contributed by atoms with Gasteiger partial charge >= 0.3 is 8.56 Å². The molecule has 0 rings (SSSR count). The fourth-order valence-corrected chi connectivity index (χ4v) is 28.9. The van der Waals surface area contributed by atoms with E-state index in [2.05, 4.69) is 130 Å². The molecule has 0 saturated heterocycles. The molecule has 0 amide bonds. The monoisotopic (exact) mass is 809 g/mol. The molecule has 0 aliphatic heterocycles. The lowest BCUT2D eigenvalue weighted by atomic mass is 10.1. The Morgan fingerprint density at radius 2 is 0.935 bits per heavy atom. The Labute approximate surface area is 307 Å². The number of unbranched alkanes of at least 4 members (excludes halogenated alkanes) is 9. The minimum absolute atomic E-state index is 0. The van der Waals surface area contributed by atoms with Crippen molar-refractivity contribution in [1.82, 2.24) is 0 Å². The summed E-state index contributed by atoms with van der Waals surface area (Å²) in [5.74, 6) is 0.